The fraction of sp³-hybridized carbons (Fsp3) is 0.938. The third kappa shape index (κ3) is 6.95. The Morgan fingerprint density at radius 2 is 1.89 bits per heavy atom. The number of rotatable bonds is 7. The number of hydrogen-bond acceptors (Lipinski definition) is 2. The summed E-state index contributed by atoms with van der Waals surface area (Å²) < 4.78 is 0. The Hall–Kier alpha value is -0.570. The largest absolute Gasteiger partial charge is 0.356 e. The first-order valence-corrected chi connectivity index (χ1v) is 7.98. The van der Waals surface area contributed by atoms with Gasteiger partial charge in [0.1, 0.15) is 0 Å². The minimum atomic E-state index is 0.190. The van der Waals surface area contributed by atoms with Crippen LogP contribution in [0.3, 0.4) is 0 Å². The third-order valence-corrected chi connectivity index (χ3v) is 4.34. The molecule has 0 heterocycles. The predicted molar refractivity (Wildman–Crippen MR) is 80.7 cm³/mol. The van der Waals surface area contributed by atoms with Gasteiger partial charge in [-0.25, -0.2) is 0 Å². The number of carbonyl (C=O) groups is 1. The number of carbonyl (C=O) groups excluding carboxylic acids is 1. The smallest absolute Gasteiger partial charge is 0.220 e. The SMILES string of the molecule is CC(C)CC(CN)CC(=O)NCC1CCC(C)CC1. The first-order chi connectivity index (χ1) is 9.01. The van der Waals surface area contributed by atoms with E-state index >= 15 is 0 Å². The van der Waals surface area contributed by atoms with E-state index < -0.39 is 0 Å². The van der Waals surface area contributed by atoms with Gasteiger partial charge in [-0.15, -0.1) is 0 Å². The number of hydrogen-bond donors (Lipinski definition) is 2. The van der Waals surface area contributed by atoms with Gasteiger partial charge in [0.2, 0.25) is 5.91 Å². The van der Waals surface area contributed by atoms with Gasteiger partial charge in [-0.05, 0) is 49.5 Å². The van der Waals surface area contributed by atoms with Crippen molar-refractivity contribution in [3.05, 3.63) is 0 Å². The second-order valence-corrected chi connectivity index (χ2v) is 6.87. The van der Waals surface area contributed by atoms with E-state index in [0.717, 1.165) is 18.9 Å². The van der Waals surface area contributed by atoms with Crippen molar-refractivity contribution in [2.45, 2.75) is 59.3 Å². The average Bonchev–Trinajstić information content (AvgIpc) is 2.36. The summed E-state index contributed by atoms with van der Waals surface area (Å²) >= 11 is 0. The Kier molecular flexibility index (Phi) is 7.44. The van der Waals surface area contributed by atoms with Crippen molar-refractivity contribution in [2.75, 3.05) is 13.1 Å². The molecule has 3 heteroatoms. The van der Waals surface area contributed by atoms with Crippen molar-refractivity contribution < 1.29 is 4.79 Å². The summed E-state index contributed by atoms with van der Waals surface area (Å²) in [6.45, 7) is 8.18. The molecule has 0 radical (unpaired) electrons. The Morgan fingerprint density at radius 1 is 1.26 bits per heavy atom. The van der Waals surface area contributed by atoms with Crippen molar-refractivity contribution in [3.63, 3.8) is 0 Å². The molecule has 0 spiro atoms. The van der Waals surface area contributed by atoms with Gasteiger partial charge in [0, 0.05) is 13.0 Å². The zero-order valence-corrected chi connectivity index (χ0v) is 13.0. The molecule has 1 saturated carbocycles. The molecule has 3 N–H and O–H groups in total. The molecule has 1 amide bonds. The lowest BCUT2D eigenvalue weighted by atomic mass is 9.83. The molecule has 112 valence electrons. The molecule has 0 aromatic carbocycles. The number of nitrogens with one attached hydrogen (secondary N) is 1. The maximum atomic E-state index is 11.9. The summed E-state index contributed by atoms with van der Waals surface area (Å²) in [5, 5.41) is 3.11. The van der Waals surface area contributed by atoms with Gasteiger partial charge >= 0.3 is 0 Å². The van der Waals surface area contributed by atoms with Gasteiger partial charge in [-0.3, -0.25) is 4.79 Å². The molecule has 0 bridgehead atoms. The van der Waals surface area contributed by atoms with Crippen LogP contribution < -0.4 is 11.1 Å². The van der Waals surface area contributed by atoms with Gasteiger partial charge in [0.15, 0.2) is 0 Å². The fourth-order valence-corrected chi connectivity index (χ4v) is 3.06. The minimum Gasteiger partial charge on any atom is -0.356 e. The standard InChI is InChI=1S/C16H32N2O/c1-12(2)8-15(10-17)9-16(19)18-11-14-6-4-13(3)5-7-14/h12-15H,4-11,17H2,1-3H3,(H,18,19). The molecule has 0 saturated heterocycles. The van der Waals surface area contributed by atoms with Crippen LogP contribution in [-0.4, -0.2) is 19.0 Å². The van der Waals surface area contributed by atoms with E-state index in [1.165, 1.54) is 25.7 Å². The Bertz CT molecular complexity index is 257. The molecule has 1 fully saturated rings. The molecular formula is C16H32N2O. The highest BCUT2D eigenvalue weighted by molar-refractivity contribution is 5.76. The zero-order chi connectivity index (χ0) is 14.3. The first-order valence-electron chi connectivity index (χ1n) is 7.98. The van der Waals surface area contributed by atoms with Crippen LogP contribution in [0.5, 0.6) is 0 Å². The molecular weight excluding hydrogens is 236 g/mol. The normalized spacial score (nSPS) is 25.3. The van der Waals surface area contributed by atoms with Crippen LogP contribution in [0.2, 0.25) is 0 Å². The molecule has 19 heavy (non-hydrogen) atoms. The maximum absolute atomic E-state index is 11.9. The van der Waals surface area contributed by atoms with Gasteiger partial charge in [0.25, 0.3) is 0 Å². The highest BCUT2D eigenvalue weighted by atomic mass is 16.1. The van der Waals surface area contributed by atoms with Gasteiger partial charge in [-0.2, -0.15) is 0 Å². The van der Waals surface area contributed by atoms with E-state index in [2.05, 4.69) is 26.1 Å². The fourth-order valence-electron chi connectivity index (χ4n) is 3.06. The van der Waals surface area contributed by atoms with Crippen LogP contribution in [-0.2, 0) is 4.79 Å². The van der Waals surface area contributed by atoms with Gasteiger partial charge < -0.3 is 11.1 Å². The molecule has 1 aliphatic rings. The lowest BCUT2D eigenvalue weighted by molar-refractivity contribution is -0.122. The summed E-state index contributed by atoms with van der Waals surface area (Å²) in [6, 6.07) is 0. The molecule has 0 aromatic rings. The van der Waals surface area contributed by atoms with E-state index in [1.807, 2.05) is 0 Å². The Balaban J connectivity index is 2.19. The zero-order valence-electron chi connectivity index (χ0n) is 13.0. The first kappa shape index (κ1) is 16.5. The molecule has 3 nitrogen and oxygen atoms in total. The quantitative estimate of drug-likeness (QED) is 0.746. The molecule has 1 aliphatic carbocycles. The summed E-state index contributed by atoms with van der Waals surface area (Å²) in [5.74, 6) is 2.71. The monoisotopic (exact) mass is 268 g/mol. The van der Waals surface area contributed by atoms with Crippen LogP contribution in [0.15, 0.2) is 0 Å². The van der Waals surface area contributed by atoms with Crippen LogP contribution in [0.1, 0.15) is 59.3 Å². The molecule has 1 unspecified atom stereocenters. The number of nitrogens with two attached hydrogens (primary N) is 1. The predicted octanol–water partition coefficient (Wildman–Crippen LogP) is 2.94. The van der Waals surface area contributed by atoms with Crippen molar-refractivity contribution in [3.8, 4) is 0 Å². The van der Waals surface area contributed by atoms with Gasteiger partial charge in [-0.1, -0.05) is 33.6 Å². The van der Waals surface area contributed by atoms with Crippen molar-refractivity contribution in [1.29, 1.82) is 0 Å². The summed E-state index contributed by atoms with van der Waals surface area (Å²) in [5.41, 5.74) is 5.74. The molecule has 0 aromatic heterocycles. The maximum Gasteiger partial charge on any atom is 0.220 e. The molecule has 0 aliphatic heterocycles. The average molecular weight is 268 g/mol. The lowest BCUT2D eigenvalue weighted by Crippen LogP contribution is -2.33. The Labute approximate surface area is 118 Å². The van der Waals surface area contributed by atoms with Crippen molar-refractivity contribution in [2.24, 2.45) is 29.4 Å². The van der Waals surface area contributed by atoms with Crippen LogP contribution >= 0.6 is 0 Å². The van der Waals surface area contributed by atoms with Crippen LogP contribution in [0.25, 0.3) is 0 Å². The van der Waals surface area contributed by atoms with Gasteiger partial charge in [0.05, 0.1) is 0 Å². The second-order valence-electron chi connectivity index (χ2n) is 6.87. The highest BCUT2D eigenvalue weighted by Gasteiger charge is 2.19. The molecule has 1 rings (SSSR count). The topological polar surface area (TPSA) is 55.1 Å². The second kappa shape index (κ2) is 8.57. The summed E-state index contributed by atoms with van der Waals surface area (Å²) in [7, 11) is 0. The molecule has 1 atom stereocenters. The number of amides is 1. The van der Waals surface area contributed by atoms with Crippen LogP contribution in [0.4, 0.5) is 0 Å². The highest BCUT2D eigenvalue weighted by Crippen LogP contribution is 2.27. The van der Waals surface area contributed by atoms with E-state index in [0.29, 0.717) is 30.7 Å². The third-order valence-electron chi connectivity index (χ3n) is 4.34. The van der Waals surface area contributed by atoms with Crippen molar-refractivity contribution in [1.82, 2.24) is 5.32 Å². The Morgan fingerprint density at radius 3 is 2.42 bits per heavy atom. The van der Waals surface area contributed by atoms with E-state index in [-0.39, 0.29) is 5.91 Å². The van der Waals surface area contributed by atoms with Crippen LogP contribution in [0, 0.1) is 23.7 Å². The minimum absolute atomic E-state index is 0.190. The lowest BCUT2D eigenvalue weighted by Gasteiger charge is -2.26. The van der Waals surface area contributed by atoms with E-state index in [4.69, 9.17) is 5.73 Å². The summed E-state index contributed by atoms with van der Waals surface area (Å²) in [6.07, 6.45) is 6.82. The van der Waals surface area contributed by atoms with E-state index in [1.54, 1.807) is 0 Å². The van der Waals surface area contributed by atoms with Crippen molar-refractivity contribution >= 4 is 5.91 Å². The van der Waals surface area contributed by atoms with E-state index in [9.17, 15) is 4.79 Å². The summed E-state index contributed by atoms with van der Waals surface area (Å²) in [4.78, 5) is 11.9.